The number of hydrogen-bond acceptors (Lipinski definition) is 2. The van der Waals surface area contributed by atoms with Crippen molar-refractivity contribution in [3.8, 4) is 5.69 Å². The highest BCUT2D eigenvalue weighted by atomic mass is 16.1. The summed E-state index contributed by atoms with van der Waals surface area (Å²) in [6, 6.07) is 11.5. The zero-order valence-electron chi connectivity index (χ0n) is 9.37. The van der Waals surface area contributed by atoms with Crippen LogP contribution in [-0.2, 0) is 7.05 Å². The molecule has 0 bridgehead atoms. The maximum Gasteiger partial charge on any atom is 0.333 e. The third-order valence-electron chi connectivity index (χ3n) is 2.87. The summed E-state index contributed by atoms with van der Waals surface area (Å²) in [5, 5.41) is 0. The fourth-order valence-electron chi connectivity index (χ4n) is 2.01. The van der Waals surface area contributed by atoms with Crippen molar-refractivity contribution in [2.45, 2.75) is 0 Å². The first-order valence-corrected chi connectivity index (χ1v) is 5.36. The molecule has 0 aliphatic heterocycles. The molecule has 17 heavy (non-hydrogen) atoms. The van der Waals surface area contributed by atoms with E-state index in [-0.39, 0.29) is 5.69 Å². The van der Waals surface area contributed by atoms with E-state index < -0.39 is 0 Å². The Morgan fingerprint density at radius 3 is 2.59 bits per heavy atom. The summed E-state index contributed by atoms with van der Waals surface area (Å²) in [6.07, 6.45) is 3.40. The Hall–Kier alpha value is -2.36. The van der Waals surface area contributed by atoms with Gasteiger partial charge in [-0.3, -0.25) is 14.1 Å². The monoisotopic (exact) mass is 225 g/mol. The Morgan fingerprint density at radius 1 is 1.06 bits per heavy atom. The smallest absolute Gasteiger partial charge is 0.293 e. The molecule has 2 heterocycles. The van der Waals surface area contributed by atoms with Gasteiger partial charge in [-0.2, -0.15) is 0 Å². The highest BCUT2D eigenvalue weighted by Crippen LogP contribution is 2.15. The van der Waals surface area contributed by atoms with E-state index in [1.165, 1.54) is 0 Å². The van der Waals surface area contributed by atoms with Gasteiger partial charge in [-0.1, -0.05) is 18.2 Å². The second kappa shape index (κ2) is 3.59. The van der Waals surface area contributed by atoms with Crippen LogP contribution in [0.4, 0.5) is 0 Å². The molecule has 4 heteroatoms. The van der Waals surface area contributed by atoms with Crippen molar-refractivity contribution in [1.29, 1.82) is 0 Å². The molecule has 3 rings (SSSR count). The Labute approximate surface area is 97.8 Å². The van der Waals surface area contributed by atoms with E-state index in [0.717, 1.165) is 16.7 Å². The number of benzene rings is 1. The van der Waals surface area contributed by atoms with Gasteiger partial charge in [0.25, 0.3) is 0 Å². The highest BCUT2D eigenvalue weighted by Gasteiger charge is 2.11. The van der Waals surface area contributed by atoms with Crippen LogP contribution < -0.4 is 5.69 Å². The van der Waals surface area contributed by atoms with Crippen molar-refractivity contribution >= 4 is 11.0 Å². The fourth-order valence-corrected chi connectivity index (χ4v) is 2.01. The molecule has 84 valence electrons. The molecule has 0 unspecified atom stereocenters. The lowest BCUT2D eigenvalue weighted by atomic mass is 10.3. The van der Waals surface area contributed by atoms with E-state index in [9.17, 15) is 4.79 Å². The van der Waals surface area contributed by atoms with Crippen LogP contribution in [0.15, 0.2) is 53.6 Å². The summed E-state index contributed by atoms with van der Waals surface area (Å²) in [4.78, 5) is 16.2. The van der Waals surface area contributed by atoms with E-state index in [1.54, 1.807) is 28.6 Å². The SMILES string of the molecule is Cn1c(=O)n(-c2ccccc2)c2ccncc21. The standard InChI is InChI=1S/C13H11N3O/c1-15-12-9-14-8-7-11(12)16(13(15)17)10-5-3-2-4-6-10/h2-9H,1H3. The number of imidazole rings is 1. The number of aryl methyl sites for hydroxylation is 1. The van der Waals surface area contributed by atoms with Crippen LogP contribution in [0.2, 0.25) is 0 Å². The van der Waals surface area contributed by atoms with Crippen LogP contribution in [0.25, 0.3) is 16.7 Å². The van der Waals surface area contributed by atoms with E-state index in [4.69, 9.17) is 0 Å². The quantitative estimate of drug-likeness (QED) is 0.632. The molecule has 3 aromatic rings. The number of pyridine rings is 1. The number of rotatable bonds is 1. The van der Waals surface area contributed by atoms with Crippen LogP contribution in [0, 0.1) is 0 Å². The van der Waals surface area contributed by atoms with Crippen molar-refractivity contribution in [2.24, 2.45) is 7.05 Å². The molecule has 4 nitrogen and oxygen atoms in total. The predicted molar refractivity (Wildman–Crippen MR) is 66.3 cm³/mol. The number of nitrogens with zero attached hydrogens (tertiary/aromatic N) is 3. The normalized spacial score (nSPS) is 10.9. The highest BCUT2D eigenvalue weighted by molar-refractivity contribution is 5.76. The second-order valence-corrected chi connectivity index (χ2v) is 3.88. The maximum atomic E-state index is 12.2. The van der Waals surface area contributed by atoms with Gasteiger partial charge in [0.15, 0.2) is 0 Å². The fraction of sp³-hybridized carbons (Fsp3) is 0.0769. The number of hydrogen-bond donors (Lipinski definition) is 0. The molecule has 0 fully saturated rings. The number of aromatic nitrogens is 3. The van der Waals surface area contributed by atoms with Crippen LogP contribution >= 0.6 is 0 Å². The average molecular weight is 225 g/mol. The molecule has 0 amide bonds. The summed E-state index contributed by atoms with van der Waals surface area (Å²) in [7, 11) is 1.76. The molecule has 0 N–H and O–H groups in total. The third kappa shape index (κ3) is 1.38. The summed E-state index contributed by atoms with van der Waals surface area (Å²) in [5.41, 5.74) is 2.52. The minimum absolute atomic E-state index is 0.0563. The Bertz CT molecular complexity index is 725. The molecular weight excluding hydrogens is 214 g/mol. The molecule has 0 atom stereocenters. The minimum Gasteiger partial charge on any atom is -0.293 e. The van der Waals surface area contributed by atoms with Crippen molar-refractivity contribution in [3.63, 3.8) is 0 Å². The molecule has 2 aromatic heterocycles. The van der Waals surface area contributed by atoms with Gasteiger partial charge in [-0.05, 0) is 18.2 Å². The van der Waals surface area contributed by atoms with Gasteiger partial charge in [-0.25, -0.2) is 4.79 Å². The second-order valence-electron chi connectivity index (χ2n) is 3.88. The van der Waals surface area contributed by atoms with Crippen molar-refractivity contribution in [2.75, 3.05) is 0 Å². The lowest BCUT2D eigenvalue weighted by Crippen LogP contribution is -2.20. The van der Waals surface area contributed by atoms with E-state index in [1.807, 2.05) is 36.4 Å². The zero-order chi connectivity index (χ0) is 11.8. The Kier molecular flexibility index (Phi) is 2.08. The first-order valence-electron chi connectivity index (χ1n) is 5.36. The summed E-state index contributed by atoms with van der Waals surface area (Å²) in [6.45, 7) is 0. The summed E-state index contributed by atoms with van der Waals surface area (Å²) < 4.78 is 3.30. The number of para-hydroxylation sites is 1. The molecule has 1 aromatic carbocycles. The average Bonchev–Trinajstić information content (AvgIpc) is 2.64. The number of fused-ring (bicyclic) bond motifs is 1. The molecular formula is C13H11N3O. The Morgan fingerprint density at radius 2 is 1.82 bits per heavy atom. The molecule has 0 radical (unpaired) electrons. The molecule has 0 aliphatic carbocycles. The van der Waals surface area contributed by atoms with Crippen molar-refractivity contribution < 1.29 is 0 Å². The van der Waals surface area contributed by atoms with Gasteiger partial charge in [-0.15, -0.1) is 0 Å². The third-order valence-corrected chi connectivity index (χ3v) is 2.87. The van der Waals surface area contributed by atoms with E-state index in [0.29, 0.717) is 0 Å². The van der Waals surface area contributed by atoms with Gasteiger partial charge in [0.2, 0.25) is 0 Å². The van der Waals surface area contributed by atoms with Crippen LogP contribution in [0.5, 0.6) is 0 Å². The van der Waals surface area contributed by atoms with Crippen LogP contribution in [0.3, 0.4) is 0 Å². The summed E-state index contributed by atoms with van der Waals surface area (Å²) in [5.74, 6) is 0. The van der Waals surface area contributed by atoms with Crippen LogP contribution in [0.1, 0.15) is 0 Å². The molecule has 0 spiro atoms. The lowest BCUT2D eigenvalue weighted by Gasteiger charge is -2.01. The van der Waals surface area contributed by atoms with Gasteiger partial charge in [0.05, 0.1) is 22.9 Å². The molecule has 0 saturated heterocycles. The largest absolute Gasteiger partial charge is 0.333 e. The van der Waals surface area contributed by atoms with Crippen molar-refractivity contribution in [3.05, 3.63) is 59.3 Å². The topological polar surface area (TPSA) is 39.8 Å². The van der Waals surface area contributed by atoms with Crippen LogP contribution in [-0.4, -0.2) is 14.1 Å². The Balaban J connectivity index is 2.45. The van der Waals surface area contributed by atoms with Crippen molar-refractivity contribution in [1.82, 2.24) is 14.1 Å². The first-order chi connectivity index (χ1) is 8.29. The molecule has 0 aliphatic rings. The van der Waals surface area contributed by atoms with Gasteiger partial charge >= 0.3 is 5.69 Å². The van der Waals surface area contributed by atoms with Gasteiger partial charge < -0.3 is 0 Å². The minimum atomic E-state index is -0.0563. The molecule has 0 saturated carbocycles. The van der Waals surface area contributed by atoms with Gasteiger partial charge in [0, 0.05) is 13.2 Å². The summed E-state index contributed by atoms with van der Waals surface area (Å²) >= 11 is 0. The van der Waals surface area contributed by atoms with E-state index in [2.05, 4.69) is 4.98 Å². The first kappa shape index (κ1) is 9.84. The van der Waals surface area contributed by atoms with E-state index >= 15 is 0 Å². The predicted octanol–water partition coefficient (Wildman–Crippen LogP) is 1.72. The lowest BCUT2D eigenvalue weighted by molar-refractivity contribution is 0.845. The zero-order valence-corrected chi connectivity index (χ0v) is 9.37. The maximum absolute atomic E-state index is 12.2. The van der Waals surface area contributed by atoms with Gasteiger partial charge in [0.1, 0.15) is 0 Å².